The van der Waals surface area contributed by atoms with Gasteiger partial charge >= 0.3 is 7.12 Å². The minimum absolute atomic E-state index is 0.0967. The van der Waals surface area contributed by atoms with Crippen LogP contribution in [0.5, 0.6) is 0 Å². The number of aromatic nitrogens is 1. The second kappa shape index (κ2) is 10.3. The lowest BCUT2D eigenvalue weighted by Crippen LogP contribution is -2.41. The molecule has 1 aliphatic carbocycles. The Morgan fingerprint density at radius 3 is 2.44 bits per heavy atom. The summed E-state index contributed by atoms with van der Waals surface area (Å²) in [6.45, 7) is 13.0. The number of carbonyl (C=O) groups is 1. The Kier molecular flexibility index (Phi) is 7.17. The molecule has 2 heterocycles. The van der Waals surface area contributed by atoms with Gasteiger partial charge in [-0.05, 0) is 101 Å². The zero-order chi connectivity index (χ0) is 27.9. The number of hydrogen-bond donors (Lipinski definition) is 1. The van der Waals surface area contributed by atoms with Gasteiger partial charge in [-0.25, -0.2) is 4.98 Å². The first-order valence-corrected chi connectivity index (χ1v) is 13.7. The van der Waals surface area contributed by atoms with Crippen LogP contribution in [0.25, 0.3) is 22.6 Å². The lowest BCUT2D eigenvalue weighted by Gasteiger charge is -2.32. The molecule has 39 heavy (non-hydrogen) atoms. The van der Waals surface area contributed by atoms with Crippen LogP contribution in [0.2, 0.25) is 0 Å². The maximum absolute atomic E-state index is 12.8. The van der Waals surface area contributed by atoms with Gasteiger partial charge in [0.2, 0.25) is 5.89 Å². The quantitative estimate of drug-likeness (QED) is 0.365. The number of oxazole rings is 1. The van der Waals surface area contributed by atoms with Crippen LogP contribution in [0.1, 0.15) is 88.2 Å². The van der Waals surface area contributed by atoms with E-state index in [0.717, 1.165) is 30.4 Å². The molecule has 0 radical (unpaired) electrons. The SMILES string of the molecule is CC(C)c1cc(C#N)cc2nc(-c3ccc(C(=O)NCC4CC=C(B5OC(C)(C)C(C)(C)O5)CC4)cc3)oc12. The number of fused-ring (bicyclic) bond motifs is 1. The average Bonchev–Trinajstić information content (AvgIpc) is 3.43. The Bertz CT molecular complexity index is 1450. The zero-order valence-electron chi connectivity index (χ0n) is 23.6. The van der Waals surface area contributed by atoms with Crippen molar-refractivity contribution in [1.29, 1.82) is 5.26 Å². The van der Waals surface area contributed by atoms with Crippen molar-refractivity contribution in [3.63, 3.8) is 0 Å². The topological polar surface area (TPSA) is 97.4 Å². The van der Waals surface area contributed by atoms with Gasteiger partial charge in [0.15, 0.2) is 5.58 Å². The third-order valence-electron chi connectivity index (χ3n) is 8.33. The van der Waals surface area contributed by atoms with Crippen molar-refractivity contribution in [3.8, 4) is 17.5 Å². The molecule has 1 aromatic heterocycles. The van der Waals surface area contributed by atoms with E-state index in [9.17, 15) is 10.1 Å². The second-order valence-corrected chi connectivity index (χ2v) is 12.0. The van der Waals surface area contributed by atoms with E-state index in [1.165, 1.54) is 5.47 Å². The molecule has 1 unspecified atom stereocenters. The largest absolute Gasteiger partial charge is 0.490 e. The predicted molar refractivity (Wildman–Crippen MR) is 152 cm³/mol. The van der Waals surface area contributed by atoms with E-state index in [2.05, 4.69) is 64.0 Å². The van der Waals surface area contributed by atoms with Crippen LogP contribution < -0.4 is 5.32 Å². The summed E-state index contributed by atoms with van der Waals surface area (Å²) in [7, 11) is -0.282. The van der Waals surface area contributed by atoms with Crippen LogP contribution in [0.15, 0.2) is 52.4 Å². The van der Waals surface area contributed by atoms with Gasteiger partial charge in [0.05, 0.1) is 22.8 Å². The summed E-state index contributed by atoms with van der Waals surface area (Å²) in [5.74, 6) is 0.955. The van der Waals surface area contributed by atoms with E-state index in [1.54, 1.807) is 18.2 Å². The maximum Gasteiger partial charge on any atom is 0.490 e. The first-order valence-electron chi connectivity index (χ1n) is 13.7. The van der Waals surface area contributed by atoms with Gasteiger partial charge in [0.1, 0.15) is 5.52 Å². The summed E-state index contributed by atoms with van der Waals surface area (Å²) < 4.78 is 18.5. The van der Waals surface area contributed by atoms with E-state index in [0.29, 0.717) is 40.6 Å². The minimum Gasteiger partial charge on any atom is -0.436 e. The Labute approximate surface area is 230 Å². The molecule has 0 saturated carbocycles. The number of hydrogen-bond acceptors (Lipinski definition) is 6. The zero-order valence-corrected chi connectivity index (χ0v) is 23.6. The number of nitrogens with one attached hydrogen (secondary N) is 1. The monoisotopic (exact) mass is 525 g/mol. The van der Waals surface area contributed by atoms with Crippen molar-refractivity contribution in [2.24, 2.45) is 5.92 Å². The van der Waals surface area contributed by atoms with Crippen LogP contribution in [-0.4, -0.2) is 35.8 Å². The molecule has 1 amide bonds. The number of rotatable bonds is 6. The fraction of sp³-hybridized carbons (Fsp3) is 0.452. The van der Waals surface area contributed by atoms with Crippen LogP contribution in [0.4, 0.5) is 0 Å². The molecular weight excluding hydrogens is 489 g/mol. The molecule has 2 aromatic carbocycles. The molecule has 0 bridgehead atoms. The maximum atomic E-state index is 12.8. The van der Waals surface area contributed by atoms with E-state index in [1.807, 2.05) is 18.2 Å². The smallest absolute Gasteiger partial charge is 0.436 e. The van der Waals surface area contributed by atoms with Crippen molar-refractivity contribution in [1.82, 2.24) is 10.3 Å². The van der Waals surface area contributed by atoms with Gasteiger partial charge in [-0.1, -0.05) is 19.9 Å². The van der Waals surface area contributed by atoms with Crippen LogP contribution in [0.3, 0.4) is 0 Å². The van der Waals surface area contributed by atoms with Gasteiger partial charge in [-0.3, -0.25) is 4.79 Å². The first kappa shape index (κ1) is 27.2. The molecule has 2 aliphatic rings. The number of nitriles is 1. The second-order valence-electron chi connectivity index (χ2n) is 12.0. The highest BCUT2D eigenvalue weighted by Crippen LogP contribution is 2.40. The average molecular weight is 525 g/mol. The molecule has 1 N–H and O–H groups in total. The molecule has 1 atom stereocenters. The highest BCUT2D eigenvalue weighted by molar-refractivity contribution is 6.54. The lowest BCUT2D eigenvalue weighted by atomic mass is 9.70. The Morgan fingerprint density at radius 1 is 1.15 bits per heavy atom. The molecule has 1 saturated heterocycles. The van der Waals surface area contributed by atoms with Crippen molar-refractivity contribution in [3.05, 3.63) is 64.6 Å². The molecule has 5 rings (SSSR count). The van der Waals surface area contributed by atoms with Gasteiger partial charge in [0, 0.05) is 23.2 Å². The molecular formula is C31H36BN3O4. The molecule has 1 fully saturated rings. The lowest BCUT2D eigenvalue weighted by molar-refractivity contribution is 0.00578. The summed E-state index contributed by atoms with van der Waals surface area (Å²) in [4.78, 5) is 17.5. The third kappa shape index (κ3) is 5.39. The van der Waals surface area contributed by atoms with Crippen molar-refractivity contribution in [2.45, 2.75) is 77.9 Å². The normalized spacial score (nSPS) is 20.2. The van der Waals surface area contributed by atoms with Gasteiger partial charge in [-0.2, -0.15) is 5.26 Å². The molecule has 1 aliphatic heterocycles. The van der Waals surface area contributed by atoms with Crippen molar-refractivity contribution < 1.29 is 18.5 Å². The van der Waals surface area contributed by atoms with Gasteiger partial charge in [-0.15, -0.1) is 0 Å². The van der Waals surface area contributed by atoms with E-state index >= 15 is 0 Å². The molecule has 0 spiro atoms. The number of nitrogens with zero attached hydrogens (tertiary/aromatic N) is 2. The van der Waals surface area contributed by atoms with E-state index in [-0.39, 0.29) is 30.1 Å². The van der Waals surface area contributed by atoms with Crippen LogP contribution in [-0.2, 0) is 9.31 Å². The number of carbonyl (C=O) groups excluding carboxylic acids is 1. The molecule has 7 nitrogen and oxygen atoms in total. The standard InChI is InChI=1S/C31H36BN3O4/c1-19(2)25-15-21(17-33)16-26-27(25)37-29(35-26)23-11-9-22(10-12-23)28(36)34-18-20-7-13-24(14-8-20)32-38-30(3,4)31(5,6)39-32/h9-13,15-16,19-20H,7-8,14,18H2,1-6H3,(H,34,36). The number of benzene rings is 2. The summed E-state index contributed by atoms with van der Waals surface area (Å²) in [5, 5.41) is 12.5. The fourth-order valence-corrected chi connectivity index (χ4v) is 5.08. The Balaban J connectivity index is 1.19. The summed E-state index contributed by atoms with van der Waals surface area (Å²) in [5.41, 5.74) is 4.79. The summed E-state index contributed by atoms with van der Waals surface area (Å²) >= 11 is 0. The summed E-state index contributed by atoms with van der Waals surface area (Å²) in [6, 6.07) is 13.1. The highest BCUT2D eigenvalue weighted by atomic mass is 16.7. The van der Waals surface area contributed by atoms with Crippen molar-refractivity contribution in [2.75, 3.05) is 6.54 Å². The molecule has 202 valence electrons. The van der Waals surface area contributed by atoms with Gasteiger partial charge < -0.3 is 19.0 Å². The summed E-state index contributed by atoms with van der Waals surface area (Å²) in [6.07, 6.45) is 5.01. The Morgan fingerprint density at radius 2 is 1.85 bits per heavy atom. The molecule has 8 heteroatoms. The van der Waals surface area contributed by atoms with Crippen LogP contribution >= 0.6 is 0 Å². The number of allylic oxidation sites excluding steroid dienone is 2. The minimum atomic E-state index is -0.336. The first-order chi connectivity index (χ1) is 18.5. The Hall–Kier alpha value is -3.41. The van der Waals surface area contributed by atoms with Crippen molar-refractivity contribution >= 4 is 24.1 Å². The highest BCUT2D eigenvalue weighted by Gasteiger charge is 2.52. The number of amides is 1. The predicted octanol–water partition coefficient (Wildman–Crippen LogP) is 6.58. The molecule has 3 aromatic rings. The van der Waals surface area contributed by atoms with Crippen LogP contribution in [0, 0.1) is 17.2 Å². The fourth-order valence-electron chi connectivity index (χ4n) is 5.08. The van der Waals surface area contributed by atoms with E-state index < -0.39 is 0 Å². The van der Waals surface area contributed by atoms with Gasteiger partial charge in [0.25, 0.3) is 5.91 Å². The third-order valence-corrected chi connectivity index (χ3v) is 8.33. The van der Waals surface area contributed by atoms with E-state index in [4.69, 9.17) is 13.7 Å².